The Morgan fingerprint density at radius 3 is 2.74 bits per heavy atom. The number of nitrogens with one attached hydrogen (secondary N) is 1. The Kier molecular flexibility index (Phi) is 5.98. The SMILES string of the molecule is CCC[C@@H](CO)Nc1nc(Cl)nc(C)c1C(=O)OC. The van der Waals surface area contributed by atoms with Crippen LogP contribution in [-0.2, 0) is 4.74 Å². The van der Waals surface area contributed by atoms with Crippen LogP contribution in [0.5, 0.6) is 0 Å². The van der Waals surface area contributed by atoms with E-state index >= 15 is 0 Å². The molecule has 1 aromatic rings. The van der Waals surface area contributed by atoms with Crippen molar-refractivity contribution < 1.29 is 14.6 Å². The second-order valence-corrected chi connectivity index (χ2v) is 4.44. The van der Waals surface area contributed by atoms with Crippen molar-refractivity contribution >= 4 is 23.4 Å². The summed E-state index contributed by atoms with van der Waals surface area (Å²) in [7, 11) is 1.29. The van der Waals surface area contributed by atoms with Gasteiger partial charge in [-0.15, -0.1) is 0 Å². The topological polar surface area (TPSA) is 84.3 Å². The van der Waals surface area contributed by atoms with Gasteiger partial charge in [0.1, 0.15) is 11.4 Å². The number of halogens is 1. The van der Waals surface area contributed by atoms with Crippen LogP contribution in [0.1, 0.15) is 35.8 Å². The number of carbonyl (C=O) groups is 1. The van der Waals surface area contributed by atoms with Crippen LogP contribution in [0.25, 0.3) is 0 Å². The molecule has 0 amide bonds. The van der Waals surface area contributed by atoms with Gasteiger partial charge in [0.15, 0.2) is 0 Å². The molecule has 0 fully saturated rings. The molecule has 0 aromatic carbocycles. The van der Waals surface area contributed by atoms with E-state index in [0.29, 0.717) is 5.69 Å². The minimum atomic E-state index is -0.537. The third-order valence-corrected chi connectivity index (χ3v) is 2.82. The fourth-order valence-electron chi connectivity index (χ4n) is 1.74. The Morgan fingerprint density at radius 2 is 2.21 bits per heavy atom. The zero-order valence-corrected chi connectivity index (χ0v) is 12.0. The molecular weight excluding hydrogens is 270 g/mol. The number of rotatable bonds is 6. The number of esters is 1. The summed E-state index contributed by atoms with van der Waals surface area (Å²) in [5.74, 6) is -0.248. The van der Waals surface area contributed by atoms with E-state index in [9.17, 15) is 9.90 Å². The molecule has 7 heteroatoms. The molecule has 6 nitrogen and oxygen atoms in total. The number of ether oxygens (including phenoxy) is 1. The molecule has 106 valence electrons. The lowest BCUT2D eigenvalue weighted by atomic mass is 10.1. The summed E-state index contributed by atoms with van der Waals surface area (Å²) in [5, 5.41) is 12.3. The van der Waals surface area contributed by atoms with E-state index in [1.54, 1.807) is 6.92 Å². The van der Waals surface area contributed by atoms with Gasteiger partial charge in [-0.25, -0.2) is 9.78 Å². The van der Waals surface area contributed by atoms with Crippen LogP contribution in [0.4, 0.5) is 5.82 Å². The molecular formula is C12H18ClN3O3. The predicted molar refractivity (Wildman–Crippen MR) is 72.5 cm³/mol. The third kappa shape index (κ3) is 4.04. The van der Waals surface area contributed by atoms with Crippen molar-refractivity contribution in [2.24, 2.45) is 0 Å². The molecule has 0 saturated carbocycles. The largest absolute Gasteiger partial charge is 0.465 e. The summed E-state index contributed by atoms with van der Waals surface area (Å²) in [6.07, 6.45) is 1.64. The van der Waals surface area contributed by atoms with Crippen molar-refractivity contribution in [3.63, 3.8) is 0 Å². The number of methoxy groups -OCH3 is 1. The van der Waals surface area contributed by atoms with Gasteiger partial charge in [0, 0.05) is 0 Å². The van der Waals surface area contributed by atoms with Crippen LogP contribution in [0.15, 0.2) is 0 Å². The van der Waals surface area contributed by atoms with Gasteiger partial charge in [-0.2, -0.15) is 4.98 Å². The van der Waals surface area contributed by atoms with E-state index in [1.165, 1.54) is 7.11 Å². The molecule has 0 aliphatic carbocycles. The Morgan fingerprint density at radius 1 is 1.53 bits per heavy atom. The summed E-state index contributed by atoms with van der Waals surface area (Å²) in [5.41, 5.74) is 0.670. The molecule has 2 N–H and O–H groups in total. The number of aliphatic hydroxyl groups excluding tert-OH is 1. The number of carbonyl (C=O) groups excluding carboxylic acids is 1. The highest BCUT2D eigenvalue weighted by atomic mass is 35.5. The Balaban J connectivity index is 3.13. The Bertz CT molecular complexity index is 454. The normalized spacial score (nSPS) is 12.1. The van der Waals surface area contributed by atoms with E-state index in [4.69, 9.17) is 16.3 Å². The number of aliphatic hydroxyl groups is 1. The van der Waals surface area contributed by atoms with Gasteiger partial charge in [-0.05, 0) is 24.9 Å². The van der Waals surface area contributed by atoms with Gasteiger partial charge < -0.3 is 15.2 Å². The number of hydrogen-bond acceptors (Lipinski definition) is 6. The summed E-state index contributed by atoms with van der Waals surface area (Å²) >= 11 is 5.80. The van der Waals surface area contributed by atoms with Crippen molar-refractivity contribution in [1.29, 1.82) is 0 Å². The monoisotopic (exact) mass is 287 g/mol. The summed E-state index contributed by atoms with van der Waals surface area (Å²) in [4.78, 5) is 19.7. The average Bonchev–Trinajstić information content (AvgIpc) is 2.36. The number of hydrogen-bond donors (Lipinski definition) is 2. The Labute approximate surface area is 117 Å². The number of anilines is 1. The summed E-state index contributed by atoms with van der Waals surface area (Å²) in [6.45, 7) is 3.59. The fourth-order valence-corrected chi connectivity index (χ4v) is 1.95. The molecule has 0 radical (unpaired) electrons. The highest BCUT2D eigenvalue weighted by molar-refractivity contribution is 6.28. The molecule has 1 rings (SSSR count). The second-order valence-electron chi connectivity index (χ2n) is 4.11. The van der Waals surface area contributed by atoms with E-state index in [0.717, 1.165) is 12.8 Å². The molecule has 19 heavy (non-hydrogen) atoms. The van der Waals surface area contributed by atoms with E-state index in [1.807, 2.05) is 6.92 Å². The predicted octanol–water partition coefficient (Wildman–Crippen LogP) is 1.80. The highest BCUT2D eigenvalue weighted by Gasteiger charge is 2.20. The maximum Gasteiger partial charge on any atom is 0.343 e. The van der Waals surface area contributed by atoms with Crippen molar-refractivity contribution in [2.75, 3.05) is 19.0 Å². The van der Waals surface area contributed by atoms with Crippen molar-refractivity contribution in [3.8, 4) is 0 Å². The number of aromatic nitrogens is 2. The van der Waals surface area contributed by atoms with Gasteiger partial charge in [-0.3, -0.25) is 0 Å². The number of nitrogens with zero attached hydrogens (tertiary/aromatic N) is 2. The maximum absolute atomic E-state index is 11.7. The second kappa shape index (κ2) is 7.25. The molecule has 0 spiro atoms. The lowest BCUT2D eigenvalue weighted by molar-refractivity contribution is 0.0600. The van der Waals surface area contributed by atoms with E-state index in [2.05, 4.69) is 15.3 Å². The smallest absolute Gasteiger partial charge is 0.343 e. The maximum atomic E-state index is 11.7. The van der Waals surface area contributed by atoms with Crippen LogP contribution in [-0.4, -0.2) is 40.8 Å². The average molecular weight is 288 g/mol. The molecule has 1 aromatic heterocycles. The molecule has 1 heterocycles. The first kappa shape index (κ1) is 15.7. The minimum absolute atomic E-state index is 0.0424. The van der Waals surface area contributed by atoms with Crippen molar-refractivity contribution in [3.05, 3.63) is 16.5 Å². The van der Waals surface area contributed by atoms with Crippen LogP contribution in [0.3, 0.4) is 0 Å². The summed E-state index contributed by atoms with van der Waals surface area (Å²) in [6, 6.07) is -0.196. The summed E-state index contributed by atoms with van der Waals surface area (Å²) < 4.78 is 4.71. The van der Waals surface area contributed by atoms with Crippen LogP contribution in [0, 0.1) is 6.92 Å². The minimum Gasteiger partial charge on any atom is -0.465 e. The zero-order chi connectivity index (χ0) is 14.4. The van der Waals surface area contributed by atoms with Crippen molar-refractivity contribution in [1.82, 2.24) is 9.97 Å². The Hall–Kier alpha value is -1.40. The first-order chi connectivity index (χ1) is 9.03. The quantitative estimate of drug-likeness (QED) is 0.613. The number of aryl methyl sites for hydroxylation is 1. The van der Waals surface area contributed by atoms with Gasteiger partial charge in [0.05, 0.1) is 25.5 Å². The van der Waals surface area contributed by atoms with Gasteiger partial charge in [0.2, 0.25) is 5.28 Å². The third-order valence-electron chi connectivity index (χ3n) is 2.65. The first-order valence-corrected chi connectivity index (χ1v) is 6.41. The van der Waals surface area contributed by atoms with E-state index < -0.39 is 5.97 Å². The van der Waals surface area contributed by atoms with Gasteiger partial charge in [-0.1, -0.05) is 13.3 Å². The molecule has 0 aliphatic heterocycles. The fraction of sp³-hybridized carbons (Fsp3) is 0.583. The molecule has 0 aliphatic rings. The lowest BCUT2D eigenvalue weighted by Gasteiger charge is -2.18. The van der Waals surface area contributed by atoms with Crippen LogP contribution < -0.4 is 5.32 Å². The zero-order valence-electron chi connectivity index (χ0n) is 11.2. The molecule has 0 bridgehead atoms. The van der Waals surface area contributed by atoms with Crippen LogP contribution in [0.2, 0.25) is 5.28 Å². The standard InChI is InChI=1S/C12H18ClN3O3/c1-4-5-8(6-17)15-10-9(11(18)19-3)7(2)14-12(13)16-10/h8,17H,4-6H2,1-3H3,(H,14,15,16)/t8-/m0/s1. The van der Waals surface area contributed by atoms with Gasteiger partial charge in [0.25, 0.3) is 0 Å². The highest BCUT2D eigenvalue weighted by Crippen LogP contribution is 2.21. The lowest BCUT2D eigenvalue weighted by Crippen LogP contribution is -2.26. The van der Waals surface area contributed by atoms with Crippen molar-refractivity contribution in [2.45, 2.75) is 32.7 Å². The molecule has 1 atom stereocenters. The van der Waals surface area contributed by atoms with Gasteiger partial charge >= 0.3 is 5.97 Å². The molecule has 0 unspecified atom stereocenters. The molecule has 0 saturated heterocycles. The van der Waals surface area contributed by atoms with Crippen LogP contribution >= 0.6 is 11.6 Å². The van der Waals surface area contributed by atoms with E-state index in [-0.39, 0.29) is 29.3 Å². The first-order valence-electron chi connectivity index (χ1n) is 6.03.